The molecule has 96 valence electrons. The zero-order chi connectivity index (χ0) is 13.1. The molecule has 0 saturated carbocycles. The second kappa shape index (κ2) is 5.44. The van der Waals surface area contributed by atoms with Gasteiger partial charge in [-0.3, -0.25) is 9.89 Å². The Morgan fingerprint density at radius 3 is 3.00 bits per heavy atom. The summed E-state index contributed by atoms with van der Waals surface area (Å²) in [6, 6.07) is 6.12. The molecule has 1 fully saturated rings. The number of thioether (sulfide) groups is 1. The lowest BCUT2D eigenvalue weighted by atomic mass is 10.0. The predicted molar refractivity (Wildman–Crippen MR) is 74.2 cm³/mol. The highest BCUT2D eigenvalue weighted by Crippen LogP contribution is 2.20. The van der Waals surface area contributed by atoms with Crippen LogP contribution in [0.15, 0.2) is 23.2 Å². The van der Waals surface area contributed by atoms with E-state index in [9.17, 15) is 4.79 Å². The van der Waals surface area contributed by atoms with E-state index in [1.54, 1.807) is 0 Å². The van der Waals surface area contributed by atoms with Crippen molar-refractivity contribution in [1.29, 1.82) is 0 Å². The Hall–Kier alpha value is -1.49. The topological polar surface area (TPSA) is 52.9 Å². The third-order valence-corrected chi connectivity index (χ3v) is 4.10. The summed E-state index contributed by atoms with van der Waals surface area (Å²) in [5, 5.41) is 9.63. The Morgan fingerprint density at radius 2 is 2.28 bits per heavy atom. The molecule has 4 nitrogen and oxygen atoms in total. The standard InChI is InChI=1S/C13H16N2O2S/c1-9-4-3-5-11(10(9)2)8-14-12-15(13(16)17)6-7-18-12/h3-5H,6-8H2,1-2H3,(H,16,17). The predicted octanol–water partition coefficient (Wildman–Crippen LogP) is 2.89. The Balaban J connectivity index is 2.15. The van der Waals surface area contributed by atoms with E-state index in [0.717, 1.165) is 11.3 Å². The Kier molecular flexibility index (Phi) is 3.91. The van der Waals surface area contributed by atoms with Crippen molar-refractivity contribution in [1.82, 2.24) is 4.90 Å². The number of amidine groups is 1. The third kappa shape index (κ3) is 2.67. The number of nitrogens with zero attached hydrogens (tertiary/aromatic N) is 2. The van der Waals surface area contributed by atoms with Gasteiger partial charge in [-0.05, 0) is 30.5 Å². The van der Waals surface area contributed by atoms with Gasteiger partial charge in [0.2, 0.25) is 0 Å². The summed E-state index contributed by atoms with van der Waals surface area (Å²) < 4.78 is 0. The van der Waals surface area contributed by atoms with Gasteiger partial charge in [0.25, 0.3) is 0 Å². The number of aryl methyl sites for hydroxylation is 1. The van der Waals surface area contributed by atoms with Crippen molar-refractivity contribution < 1.29 is 9.90 Å². The molecule has 0 aliphatic carbocycles. The van der Waals surface area contributed by atoms with Crippen LogP contribution < -0.4 is 0 Å². The Bertz CT molecular complexity index is 500. The van der Waals surface area contributed by atoms with Crippen molar-refractivity contribution >= 4 is 23.0 Å². The first-order valence-electron chi connectivity index (χ1n) is 5.82. The fourth-order valence-corrected chi connectivity index (χ4v) is 2.78. The number of hydrogen-bond donors (Lipinski definition) is 1. The molecule has 0 bridgehead atoms. The molecule has 0 radical (unpaired) electrons. The van der Waals surface area contributed by atoms with Gasteiger partial charge in [-0.1, -0.05) is 30.0 Å². The van der Waals surface area contributed by atoms with Crippen LogP contribution in [-0.4, -0.2) is 33.6 Å². The highest BCUT2D eigenvalue weighted by atomic mass is 32.2. The quantitative estimate of drug-likeness (QED) is 0.893. The van der Waals surface area contributed by atoms with E-state index in [4.69, 9.17) is 5.11 Å². The lowest BCUT2D eigenvalue weighted by Crippen LogP contribution is -2.30. The monoisotopic (exact) mass is 264 g/mol. The Labute approximate surface area is 111 Å². The first-order valence-corrected chi connectivity index (χ1v) is 6.81. The largest absolute Gasteiger partial charge is 0.465 e. The highest BCUT2D eigenvalue weighted by Gasteiger charge is 2.24. The lowest BCUT2D eigenvalue weighted by Gasteiger charge is -2.11. The van der Waals surface area contributed by atoms with Crippen LogP contribution in [0.4, 0.5) is 4.79 Å². The molecule has 0 atom stereocenters. The van der Waals surface area contributed by atoms with Gasteiger partial charge in [0.15, 0.2) is 5.17 Å². The highest BCUT2D eigenvalue weighted by molar-refractivity contribution is 8.14. The van der Waals surface area contributed by atoms with Crippen molar-refractivity contribution in [3.05, 3.63) is 34.9 Å². The summed E-state index contributed by atoms with van der Waals surface area (Å²) in [7, 11) is 0. The van der Waals surface area contributed by atoms with Crippen molar-refractivity contribution in [2.24, 2.45) is 4.99 Å². The summed E-state index contributed by atoms with van der Waals surface area (Å²) in [6.07, 6.45) is -0.917. The summed E-state index contributed by atoms with van der Waals surface area (Å²) in [5.74, 6) is 0.790. The number of benzene rings is 1. The molecule has 1 heterocycles. The summed E-state index contributed by atoms with van der Waals surface area (Å²) in [5.41, 5.74) is 3.62. The van der Waals surface area contributed by atoms with Gasteiger partial charge in [0, 0.05) is 12.3 Å². The molecule has 1 aromatic carbocycles. The third-order valence-electron chi connectivity index (χ3n) is 3.11. The zero-order valence-corrected chi connectivity index (χ0v) is 11.3. The lowest BCUT2D eigenvalue weighted by molar-refractivity contribution is 0.172. The molecule has 18 heavy (non-hydrogen) atoms. The molecule has 1 aromatic rings. The second-order valence-electron chi connectivity index (χ2n) is 4.24. The smallest absolute Gasteiger partial charge is 0.413 e. The first-order chi connectivity index (χ1) is 8.59. The normalized spacial score (nSPS) is 17.4. The van der Waals surface area contributed by atoms with Crippen molar-refractivity contribution in [3.8, 4) is 0 Å². The van der Waals surface area contributed by atoms with Gasteiger partial charge in [-0.2, -0.15) is 0 Å². The average Bonchev–Trinajstić information content (AvgIpc) is 2.79. The van der Waals surface area contributed by atoms with Crippen molar-refractivity contribution in [2.45, 2.75) is 20.4 Å². The molecule has 1 aliphatic rings. The van der Waals surface area contributed by atoms with E-state index < -0.39 is 6.09 Å². The first kappa shape index (κ1) is 13.0. The number of carboxylic acid groups (broad SMARTS) is 1. The van der Waals surface area contributed by atoms with E-state index in [2.05, 4.69) is 24.9 Å². The molecular weight excluding hydrogens is 248 g/mol. The van der Waals surface area contributed by atoms with Crippen LogP contribution in [0.1, 0.15) is 16.7 Å². The van der Waals surface area contributed by atoms with E-state index in [-0.39, 0.29) is 0 Å². The van der Waals surface area contributed by atoms with E-state index in [1.807, 2.05) is 12.1 Å². The number of rotatable bonds is 2. The second-order valence-corrected chi connectivity index (χ2v) is 5.30. The average molecular weight is 264 g/mol. The van der Waals surface area contributed by atoms with Crippen molar-refractivity contribution in [2.75, 3.05) is 12.3 Å². The maximum atomic E-state index is 11.0. The molecule has 0 aromatic heterocycles. The van der Waals surface area contributed by atoms with E-state index in [0.29, 0.717) is 18.3 Å². The van der Waals surface area contributed by atoms with Crippen LogP contribution in [0, 0.1) is 13.8 Å². The van der Waals surface area contributed by atoms with Gasteiger partial charge >= 0.3 is 6.09 Å². The van der Waals surface area contributed by atoms with Crippen LogP contribution in [0.5, 0.6) is 0 Å². The van der Waals surface area contributed by atoms with Gasteiger partial charge in [-0.25, -0.2) is 4.79 Å². The molecule has 0 spiro atoms. The van der Waals surface area contributed by atoms with E-state index >= 15 is 0 Å². The number of aliphatic imine (C=N–C) groups is 1. The van der Waals surface area contributed by atoms with Crippen LogP contribution in [0.25, 0.3) is 0 Å². The minimum Gasteiger partial charge on any atom is -0.465 e. The fourth-order valence-electron chi connectivity index (χ4n) is 1.85. The van der Waals surface area contributed by atoms with Gasteiger partial charge < -0.3 is 5.11 Å². The minimum atomic E-state index is -0.917. The van der Waals surface area contributed by atoms with Gasteiger partial charge in [0.1, 0.15) is 0 Å². The summed E-state index contributed by atoms with van der Waals surface area (Å²) in [6.45, 7) is 5.21. The SMILES string of the molecule is Cc1cccc(CN=C2SCCN2C(=O)O)c1C. The number of carbonyl (C=O) groups is 1. The van der Waals surface area contributed by atoms with E-state index in [1.165, 1.54) is 27.8 Å². The van der Waals surface area contributed by atoms with Crippen LogP contribution in [0.2, 0.25) is 0 Å². The number of amides is 1. The van der Waals surface area contributed by atoms with Crippen LogP contribution in [0.3, 0.4) is 0 Å². The maximum absolute atomic E-state index is 11.0. The molecular formula is C13H16N2O2S. The fraction of sp³-hybridized carbons (Fsp3) is 0.385. The molecule has 0 unspecified atom stereocenters. The van der Waals surface area contributed by atoms with Gasteiger partial charge in [0.05, 0.1) is 6.54 Å². The summed E-state index contributed by atoms with van der Waals surface area (Å²) in [4.78, 5) is 16.7. The van der Waals surface area contributed by atoms with Crippen molar-refractivity contribution in [3.63, 3.8) is 0 Å². The Morgan fingerprint density at radius 1 is 1.50 bits per heavy atom. The maximum Gasteiger partial charge on any atom is 0.413 e. The molecule has 1 amide bonds. The van der Waals surface area contributed by atoms with Crippen LogP contribution >= 0.6 is 11.8 Å². The molecule has 1 N–H and O–H groups in total. The van der Waals surface area contributed by atoms with Gasteiger partial charge in [-0.15, -0.1) is 0 Å². The van der Waals surface area contributed by atoms with Crippen LogP contribution in [-0.2, 0) is 6.54 Å². The zero-order valence-electron chi connectivity index (χ0n) is 10.5. The molecule has 1 aliphatic heterocycles. The molecule has 2 rings (SSSR count). The summed E-state index contributed by atoms with van der Waals surface area (Å²) >= 11 is 1.50. The number of hydrogen-bond acceptors (Lipinski definition) is 3. The molecule has 5 heteroatoms. The molecule has 1 saturated heterocycles. The minimum absolute atomic E-state index is 0.533.